The Balaban J connectivity index is 1.17. The summed E-state index contributed by atoms with van der Waals surface area (Å²) in [5, 5.41) is 26.2. The van der Waals surface area contributed by atoms with Gasteiger partial charge in [-0.25, -0.2) is 9.78 Å². The molecular formula is C27H26ClN3O5S. The maximum absolute atomic E-state index is 11.4. The van der Waals surface area contributed by atoms with Crippen molar-refractivity contribution in [3.8, 4) is 11.3 Å². The average molecular weight is 540 g/mol. The van der Waals surface area contributed by atoms with E-state index in [0.717, 1.165) is 40.0 Å². The molecular weight excluding hydrogens is 514 g/mol. The quantitative estimate of drug-likeness (QED) is 0.283. The number of hydrogen-bond acceptors (Lipinski definition) is 8. The lowest BCUT2D eigenvalue weighted by atomic mass is 9.83. The molecule has 0 radical (unpaired) electrons. The number of ether oxygens (including phenoxy) is 1. The molecule has 6 rings (SSSR count). The van der Waals surface area contributed by atoms with Crippen LogP contribution in [0.25, 0.3) is 21.5 Å². The number of carbonyl (C=O) groups is 1. The molecule has 2 aliphatic carbocycles. The molecule has 2 saturated carbocycles. The number of benzene rings is 1. The number of thiazole rings is 1. The molecule has 0 atom stereocenters. The van der Waals surface area contributed by atoms with Gasteiger partial charge in [0.25, 0.3) is 0 Å². The Morgan fingerprint density at radius 2 is 2.03 bits per heavy atom. The smallest absolute Gasteiger partial charge is 0.335 e. The highest BCUT2D eigenvalue weighted by atomic mass is 35.5. The summed E-state index contributed by atoms with van der Waals surface area (Å²) in [6.07, 6.45) is 7.93. The molecule has 2 fully saturated rings. The third-order valence-electron chi connectivity index (χ3n) is 7.35. The molecule has 0 bridgehead atoms. The van der Waals surface area contributed by atoms with Crippen LogP contribution in [0.4, 0.5) is 0 Å². The molecule has 10 heteroatoms. The molecule has 37 heavy (non-hydrogen) atoms. The molecule has 2 aliphatic rings. The van der Waals surface area contributed by atoms with E-state index in [4.69, 9.17) is 20.9 Å². The molecule has 0 aliphatic heterocycles. The fraction of sp³-hybridized carbons (Fsp3) is 0.407. The first-order valence-corrected chi connectivity index (χ1v) is 13.6. The Kier molecular flexibility index (Phi) is 6.27. The standard InChI is InChI=1S/C27H26ClN3O5S/c1-14-11-29-12-19(28)22(14)23-18(24(36-31-23)15-2-3-15)13-35-17-6-8-27(34,9-7-17)26-30-20-5-4-16(25(32)33)10-21(20)37-26/h4-5,10-12,15,17,34H,2-3,6-9,13H2,1H3,(H,32,33). The molecule has 0 unspecified atom stereocenters. The molecule has 0 amide bonds. The van der Waals surface area contributed by atoms with Gasteiger partial charge in [0.1, 0.15) is 22.1 Å². The van der Waals surface area contributed by atoms with Crippen LogP contribution < -0.4 is 0 Å². The fourth-order valence-electron chi connectivity index (χ4n) is 5.06. The van der Waals surface area contributed by atoms with E-state index < -0.39 is 11.6 Å². The van der Waals surface area contributed by atoms with E-state index in [9.17, 15) is 15.0 Å². The predicted molar refractivity (Wildman–Crippen MR) is 139 cm³/mol. The van der Waals surface area contributed by atoms with Gasteiger partial charge in [-0.2, -0.15) is 0 Å². The summed E-state index contributed by atoms with van der Waals surface area (Å²) in [6.45, 7) is 2.32. The lowest BCUT2D eigenvalue weighted by Gasteiger charge is -2.34. The highest BCUT2D eigenvalue weighted by Crippen LogP contribution is 2.46. The van der Waals surface area contributed by atoms with Crippen molar-refractivity contribution in [3.63, 3.8) is 0 Å². The van der Waals surface area contributed by atoms with E-state index >= 15 is 0 Å². The summed E-state index contributed by atoms with van der Waals surface area (Å²) in [5.74, 6) is 0.276. The van der Waals surface area contributed by atoms with E-state index in [2.05, 4.69) is 15.1 Å². The number of aryl methyl sites for hydroxylation is 1. The van der Waals surface area contributed by atoms with Crippen molar-refractivity contribution in [2.24, 2.45) is 0 Å². The second-order valence-corrected chi connectivity index (χ2v) is 11.4. The van der Waals surface area contributed by atoms with Crippen molar-refractivity contribution in [3.05, 3.63) is 63.1 Å². The van der Waals surface area contributed by atoms with Crippen LogP contribution in [0.15, 0.2) is 35.1 Å². The molecule has 0 saturated heterocycles. The molecule has 2 N–H and O–H groups in total. The van der Waals surface area contributed by atoms with Crippen LogP contribution in [0, 0.1) is 6.92 Å². The number of hydrogen-bond donors (Lipinski definition) is 2. The Morgan fingerprint density at radius 3 is 2.73 bits per heavy atom. The minimum atomic E-state index is -1.05. The Labute approximate surface area is 222 Å². The summed E-state index contributed by atoms with van der Waals surface area (Å²) in [5.41, 5.74) is 3.29. The number of carboxylic acid groups (broad SMARTS) is 1. The number of nitrogens with zero attached hydrogens (tertiary/aromatic N) is 3. The molecule has 192 valence electrons. The zero-order valence-electron chi connectivity index (χ0n) is 20.2. The zero-order valence-corrected chi connectivity index (χ0v) is 21.8. The second kappa shape index (κ2) is 9.47. The largest absolute Gasteiger partial charge is 0.478 e. The van der Waals surface area contributed by atoms with Crippen LogP contribution in [0.1, 0.15) is 76.7 Å². The average Bonchev–Trinajstić information content (AvgIpc) is 3.49. The minimum Gasteiger partial charge on any atom is -0.478 e. The van der Waals surface area contributed by atoms with Crippen LogP contribution in [-0.2, 0) is 16.9 Å². The number of fused-ring (bicyclic) bond motifs is 1. The van der Waals surface area contributed by atoms with Crippen molar-refractivity contribution < 1.29 is 24.3 Å². The third kappa shape index (κ3) is 4.65. The molecule has 3 aromatic heterocycles. The van der Waals surface area contributed by atoms with Crippen LogP contribution >= 0.6 is 22.9 Å². The van der Waals surface area contributed by atoms with Gasteiger partial charge in [0.05, 0.1) is 33.5 Å². The first-order chi connectivity index (χ1) is 17.8. The normalized spacial score (nSPS) is 22.0. The van der Waals surface area contributed by atoms with Crippen molar-refractivity contribution in [2.45, 2.75) is 69.7 Å². The number of pyridine rings is 1. The topological polar surface area (TPSA) is 119 Å². The Bertz CT molecular complexity index is 1470. The monoisotopic (exact) mass is 539 g/mol. The highest BCUT2D eigenvalue weighted by molar-refractivity contribution is 7.18. The Morgan fingerprint density at radius 1 is 1.24 bits per heavy atom. The number of aliphatic hydroxyl groups is 1. The van der Waals surface area contributed by atoms with Gasteiger partial charge in [0.15, 0.2) is 0 Å². The number of halogens is 1. The molecule has 4 aromatic rings. The van der Waals surface area contributed by atoms with E-state index in [1.54, 1.807) is 30.6 Å². The van der Waals surface area contributed by atoms with Crippen LogP contribution in [-0.4, -0.2) is 37.4 Å². The number of aromatic nitrogens is 3. The maximum atomic E-state index is 11.4. The third-order valence-corrected chi connectivity index (χ3v) is 8.85. The van der Waals surface area contributed by atoms with Crippen LogP contribution in [0.3, 0.4) is 0 Å². The summed E-state index contributed by atoms with van der Waals surface area (Å²) >= 11 is 7.84. The number of aromatic carboxylic acids is 1. The first-order valence-electron chi connectivity index (χ1n) is 12.4. The molecule has 3 heterocycles. The van der Waals surface area contributed by atoms with Gasteiger partial charge in [-0.15, -0.1) is 11.3 Å². The van der Waals surface area contributed by atoms with E-state index in [-0.39, 0.29) is 11.7 Å². The van der Waals surface area contributed by atoms with Crippen molar-refractivity contribution >= 4 is 39.1 Å². The summed E-state index contributed by atoms with van der Waals surface area (Å²) in [6, 6.07) is 4.85. The van der Waals surface area contributed by atoms with Crippen molar-refractivity contribution in [2.75, 3.05) is 0 Å². The second-order valence-electron chi connectivity index (χ2n) is 10.0. The van der Waals surface area contributed by atoms with Gasteiger partial charge < -0.3 is 19.5 Å². The Hall–Kier alpha value is -2.85. The van der Waals surface area contributed by atoms with Gasteiger partial charge in [0, 0.05) is 29.4 Å². The summed E-state index contributed by atoms with van der Waals surface area (Å²) in [7, 11) is 0. The molecule has 8 nitrogen and oxygen atoms in total. The summed E-state index contributed by atoms with van der Waals surface area (Å²) in [4.78, 5) is 20.1. The zero-order chi connectivity index (χ0) is 25.7. The van der Waals surface area contributed by atoms with Gasteiger partial charge in [-0.1, -0.05) is 16.8 Å². The maximum Gasteiger partial charge on any atom is 0.335 e. The van der Waals surface area contributed by atoms with Gasteiger partial charge >= 0.3 is 5.97 Å². The van der Waals surface area contributed by atoms with Gasteiger partial charge in [0.2, 0.25) is 0 Å². The predicted octanol–water partition coefficient (Wildman–Crippen LogP) is 6.23. The van der Waals surface area contributed by atoms with Crippen LogP contribution in [0.2, 0.25) is 5.02 Å². The molecule has 1 aromatic carbocycles. The number of rotatable bonds is 7. The van der Waals surface area contributed by atoms with Crippen LogP contribution in [0.5, 0.6) is 0 Å². The molecule has 0 spiro atoms. The van der Waals surface area contributed by atoms with E-state index in [1.165, 1.54) is 11.3 Å². The fourth-order valence-corrected chi connectivity index (χ4v) is 6.51. The lowest BCUT2D eigenvalue weighted by Crippen LogP contribution is -2.34. The SMILES string of the molecule is Cc1cncc(Cl)c1-c1noc(C2CC2)c1COC1CCC(O)(c2nc3ccc(C(=O)O)cc3s2)CC1. The van der Waals surface area contributed by atoms with Crippen molar-refractivity contribution in [1.82, 2.24) is 15.1 Å². The first kappa shape index (κ1) is 24.5. The van der Waals surface area contributed by atoms with Crippen molar-refractivity contribution in [1.29, 1.82) is 0 Å². The number of carboxylic acids is 1. The lowest BCUT2D eigenvalue weighted by molar-refractivity contribution is -0.0640. The van der Waals surface area contributed by atoms with E-state index in [1.807, 2.05) is 6.92 Å². The minimum absolute atomic E-state index is 0.0166. The summed E-state index contributed by atoms with van der Waals surface area (Å²) < 4.78 is 12.9. The highest BCUT2D eigenvalue weighted by Gasteiger charge is 2.39. The van der Waals surface area contributed by atoms with Gasteiger partial charge in [-0.05, 0) is 69.2 Å². The van der Waals surface area contributed by atoms with E-state index in [0.29, 0.717) is 59.4 Å². The van der Waals surface area contributed by atoms with Gasteiger partial charge in [-0.3, -0.25) is 4.98 Å².